The summed E-state index contributed by atoms with van der Waals surface area (Å²) >= 11 is 0. The fourth-order valence-electron chi connectivity index (χ4n) is 0.897. The van der Waals surface area contributed by atoms with E-state index in [0.717, 1.165) is 14.1 Å². The average Bonchev–Trinajstić information content (AvgIpc) is 2.23. The van der Waals surface area contributed by atoms with E-state index in [0.29, 0.717) is 6.61 Å². The second-order valence-electron chi connectivity index (χ2n) is 2.34. The maximum atomic E-state index is 11.2. The molecule has 0 aliphatic heterocycles. The Balaban J connectivity index is 3.39. The van der Waals surface area contributed by atoms with E-state index in [-0.39, 0.29) is 0 Å². The second kappa shape index (κ2) is 2.88. The summed E-state index contributed by atoms with van der Waals surface area (Å²) in [7, 11) is 2.87. The lowest BCUT2D eigenvalue weighted by Crippen LogP contribution is -2.31. The molecule has 6 nitrogen and oxygen atoms in total. The largest absolute Gasteiger partial charge is 0.394 e. The van der Waals surface area contributed by atoms with E-state index < -0.39 is 11.4 Å². The van der Waals surface area contributed by atoms with Gasteiger partial charge < -0.3 is 4.84 Å². The summed E-state index contributed by atoms with van der Waals surface area (Å²) in [5.41, 5.74) is -0.863. The van der Waals surface area contributed by atoms with Gasteiger partial charge in [-0.05, 0) is 6.92 Å². The molecule has 1 rings (SSSR count). The van der Waals surface area contributed by atoms with E-state index in [1.54, 1.807) is 6.92 Å². The van der Waals surface area contributed by atoms with Crippen molar-refractivity contribution in [3.05, 3.63) is 21.0 Å². The molecule has 0 aromatic carbocycles. The first-order chi connectivity index (χ1) is 5.59. The molecule has 1 aromatic heterocycles. The molecule has 0 fully saturated rings. The van der Waals surface area contributed by atoms with Gasteiger partial charge in [-0.2, -0.15) is 0 Å². The molecule has 0 bridgehead atoms. The lowest BCUT2D eigenvalue weighted by molar-refractivity contribution is 0.0595. The molecular formula is C6H11N3O3. The number of aromatic nitrogens is 3. The Morgan fingerprint density at radius 1 is 1.25 bits per heavy atom. The van der Waals surface area contributed by atoms with Crippen LogP contribution in [0.3, 0.4) is 0 Å². The van der Waals surface area contributed by atoms with Gasteiger partial charge in [-0.15, -0.1) is 0 Å². The van der Waals surface area contributed by atoms with Gasteiger partial charge in [0.2, 0.25) is 0 Å². The van der Waals surface area contributed by atoms with Crippen LogP contribution in [-0.2, 0) is 14.1 Å². The molecule has 0 atom stereocenters. The molecule has 0 radical (unpaired) electrons. The van der Waals surface area contributed by atoms with E-state index in [2.05, 4.69) is 0 Å². The Bertz CT molecular complexity index is 384. The lowest BCUT2D eigenvalue weighted by Gasteiger charge is -2.02. The third kappa shape index (κ3) is 1.05. The molecule has 1 heterocycles. The van der Waals surface area contributed by atoms with Crippen molar-refractivity contribution in [2.75, 3.05) is 6.61 Å². The maximum Gasteiger partial charge on any atom is 0.381 e. The minimum Gasteiger partial charge on any atom is -0.394 e. The van der Waals surface area contributed by atoms with Crippen molar-refractivity contribution in [1.29, 1.82) is 0 Å². The molecular weight excluding hydrogens is 162 g/mol. The van der Waals surface area contributed by atoms with Gasteiger partial charge >= 0.3 is 11.4 Å². The predicted octanol–water partition coefficient (Wildman–Crippen LogP) is -1.67. The Morgan fingerprint density at radius 3 is 2.17 bits per heavy atom. The van der Waals surface area contributed by atoms with Crippen molar-refractivity contribution in [1.82, 2.24) is 14.1 Å². The molecule has 68 valence electrons. The zero-order chi connectivity index (χ0) is 9.30. The summed E-state index contributed by atoms with van der Waals surface area (Å²) < 4.78 is 2.10. The molecule has 1 aromatic rings. The monoisotopic (exact) mass is 173 g/mol. The molecule has 0 saturated heterocycles. The highest BCUT2D eigenvalue weighted by Gasteiger charge is 2.09. The van der Waals surface area contributed by atoms with Crippen LogP contribution in [0.1, 0.15) is 6.92 Å². The zero-order valence-electron chi connectivity index (χ0n) is 7.27. The third-order valence-electron chi connectivity index (χ3n) is 1.54. The smallest absolute Gasteiger partial charge is 0.381 e. The standard InChI is InChI=1S/C6H11N3O3/c1-4-12-9-6(11)7(2)5(10)8(9)3/h4H2,1-3H3. The van der Waals surface area contributed by atoms with Crippen molar-refractivity contribution in [3.8, 4) is 0 Å². The van der Waals surface area contributed by atoms with E-state index in [9.17, 15) is 9.59 Å². The third-order valence-corrected chi connectivity index (χ3v) is 1.54. The van der Waals surface area contributed by atoms with Crippen molar-refractivity contribution in [2.45, 2.75) is 6.92 Å². The average molecular weight is 173 g/mol. The number of nitrogens with zero attached hydrogens (tertiary/aromatic N) is 3. The molecule has 0 aliphatic rings. The summed E-state index contributed by atoms with van der Waals surface area (Å²) in [6.45, 7) is 2.08. The molecule has 0 spiro atoms. The van der Waals surface area contributed by atoms with Crippen LogP contribution >= 0.6 is 0 Å². The highest BCUT2D eigenvalue weighted by atomic mass is 16.7. The highest BCUT2D eigenvalue weighted by Crippen LogP contribution is 1.69. The van der Waals surface area contributed by atoms with Crippen LogP contribution in [0.15, 0.2) is 9.59 Å². The maximum absolute atomic E-state index is 11.2. The zero-order valence-corrected chi connectivity index (χ0v) is 7.27. The van der Waals surface area contributed by atoms with E-state index in [1.807, 2.05) is 0 Å². The van der Waals surface area contributed by atoms with Gasteiger partial charge in [0.25, 0.3) is 0 Å². The Hall–Kier alpha value is -1.46. The van der Waals surface area contributed by atoms with Gasteiger partial charge in [0.05, 0.1) is 0 Å². The Kier molecular flexibility index (Phi) is 2.07. The van der Waals surface area contributed by atoms with Crippen LogP contribution in [0, 0.1) is 0 Å². The van der Waals surface area contributed by atoms with Crippen molar-refractivity contribution >= 4 is 0 Å². The minimum atomic E-state index is -0.468. The second-order valence-corrected chi connectivity index (χ2v) is 2.34. The molecule has 6 heteroatoms. The van der Waals surface area contributed by atoms with Crippen LogP contribution in [0.25, 0.3) is 0 Å². The van der Waals surface area contributed by atoms with Gasteiger partial charge in [-0.25, -0.2) is 18.8 Å². The molecule has 0 N–H and O–H groups in total. The Labute approximate surface area is 68.5 Å². The van der Waals surface area contributed by atoms with E-state index >= 15 is 0 Å². The summed E-state index contributed by atoms with van der Waals surface area (Å²) in [6.07, 6.45) is 0. The highest BCUT2D eigenvalue weighted by molar-refractivity contribution is 4.67. The first-order valence-corrected chi connectivity index (χ1v) is 3.58. The molecule has 0 unspecified atom stereocenters. The van der Waals surface area contributed by atoms with Crippen LogP contribution < -0.4 is 16.2 Å². The van der Waals surface area contributed by atoms with Gasteiger partial charge in [-0.3, -0.25) is 0 Å². The number of hydrogen-bond donors (Lipinski definition) is 0. The van der Waals surface area contributed by atoms with Gasteiger partial charge in [0, 0.05) is 14.1 Å². The normalized spacial score (nSPS) is 10.2. The summed E-state index contributed by atoms with van der Waals surface area (Å²) in [5, 5.41) is 0. The van der Waals surface area contributed by atoms with Crippen LogP contribution in [0.2, 0.25) is 0 Å². The van der Waals surface area contributed by atoms with E-state index in [1.165, 1.54) is 14.1 Å². The summed E-state index contributed by atoms with van der Waals surface area (Å²) in [4.78, 5) is 28.1. The first-order valence-electron chi connectivity index (χ1n) is 3.58. The summed E-state index contributed by atoms with van der Waals surface area (Å²) in [6, 6.07) is 0. The quantitative estimate of drug-likeness (QED) is 0.537. The van der Waals surface area contributed by atoms with Crippen LogP contribution in [0.5, 0.6) is 0 Å². The SMILES string of the molecule is CCOn1c(=O)n(C)c(=O)n1C. The summed E-state index contributed by atoms with van der Waals surface area (Å²) in [5.74, 6) is 0. The number of rotatable bonds is 2. The van der Waals surface area contributed by atoms with Crippen molar-refractivity contribution in [2.24, 2.45) is 14.1 Å². The minimum absolute atomic E-state index is 0.344. The van der Waals surface area contributed by atoms with Gasteiger partial charge in [0.1, 0.15) is 6.61 Å². The van der Waals surface area contributed by atoms with Crippen LogP contribution in [-0.4, -0.2) is 20.7 Å². The fraction of sp³-hybridized carbons (Fsp3) is 0.667. The lowest BCUT2D eigenvalue weighted by atomic mass is 10.9. The van der Waals surface area contributed by atoms with E-state index in [4.69, 9.17) is 4.84 Å². The molecule has 12 heavy (non-hydrogen) atoms. The Morgan fingerprint density at radius 2 is 1.83 bits per heavy atom. The fourth-order valence-corrected chi connectivity index (χ4v) is 0.897. The topological polar surface area (TPSA) is 58.2 Å². The molecule has 0 amide bonds. The van der Waals surface area contributed by atoms with Crippen LogP contribution in [0.4, 0.5) is 0 Å². The van der Waals surface area contributed by atoms with Crippen molar-refractivity contribution in [3.63, 3.8) is 0 Å². The van der Waals surface area contributed by atoms with Gasteiger partial charge in [0.15, 0.2) is 0 Å². The predicted molar refractivity (Wildman–Crippen MR) is 42.0 cm³/mol. The molecule has 0 aliphatic carbocycles. The van der Waals surface area contributed by atoms with Crippen molar-refractivity contribution < 1.29 is 4.84 Å². The first kappa shape index (κ1) is 8.63. The van der Waals surface area contributed by atoms with Gasteiger partial charge in [-0.1, -0.05) is 4.85 Å². The molecule has 0 saturated carbocycles. The number of hydrogen-bond acceptors (Lipinski definition) is 3.